The number of carbonyl (C=O) groups excluding carboxylic acids is 2. The number of nitrogens with zero attached hydrogens (tertiary/aromatic N) is 1. The summed E-state index contributed by atoms with van der Waals surface area (Å²) < 4.78 is 18.0. The van der Waals surface area contributed by atoms with E-state index < -0.39 is 5.92 Å². The number of likely N-dealkylation sites (tertiary alicyclic amines) is 1. The average molecular weight is 342 g/mol. The Bertz CT molecular complexity index is 759. The van der Waals surface area contributed by atoms with Crippen molar-refractivity contribution in [2.45, 2.75) is 13.0 Å². The maximum absolute atomic E-state index is 12.9. The average Bonchev–Trinajstić information content (AvgIpc) is 2.98. The number of nitrogens with one attached hydrogen (secondary N) is 1. The molecular weight excluding hydrogens is 323 g/mol. The second kappa shape index (κ2) is 7.34. The molecule has 1 saturated heterocycles. The Hall–Kier alpha value is -2.89. The number of rotatable bonds is 5. The molecule has 2 aromatic carbocycles. The van der Waals surface area contributed by atoms with E-state index in [1.807, 2.05) is 24.3 Å². The summed E-state index contributed by atoms with van der Waals surface area (Å²) in [6.45, 7) is 0.834. The maximum atomic E-state index is 12.9. The quantitative estimate of drug-likeness (QED) is 0.909. The van der Waals surface area contributed by atoms with Crippen molar-refractivity contribution in [1.29, 1.82) is 0 Å². The van der Waals surface area contributed by atoms with Gasteiger partial charge in [-0.15, -0.1) is 0 Å². The van der Waals surface area contributed by atoms with Gasteiger partial charge in [0, 0.05) is 25.2 Å². The molecule has 2 amide bonds. The Morgan fingerprint density at radius 1 is 1.20 bits per heavy atom. The molecule has 1 aliphatic heterocycles. The number of halogens is 1. The molecule has 130 valence electrons. The number of hydrogen-bond acceptors (Lipinski definition) is 3. The van der Waals surface area contributed by atoms with Gasteiger partial charge in [-0.2, -0.15) is 0 Å². The van der Waals surface area contributed by atoms with E-state index in [0.717, 1.165) is 11.3 Å². The van der Waals surface area contributed by atoms with Crippen molar-refractivity contribution in [1.82, 2.24) is 4.90 Å². The minimum atomic E-state index is -0.407. The van der Waals surface area contributed by atoms with Gasteiger partial charge in [0.2, 0.25) is 11.8 Å². The van der Waals surface area contributed by atoms with E-state index in [1.54, 1.807) is 12.0 Å². The Morgan fingerprint density at radius 3 is 2.52 bits per heavy atom. The molecule has 2 aromatic rings. The van der Waals surface area contributed by atoms with Crippen LogP contribution in [0.25, 0.3) is 0 Å². The smallest absolute Gasteiger partial charge is 0.229 e. The number of carbonyl (C=O) groups is 2. The van der Waals surface area contributed by atoms with Crippen LogP contribution in [0.3, 0.4) is 0 Å². The van der Waals surface area contributed by atoms with Crippen LogP contribution in [0.1, 0.15) is 12.0 Å². The number of anilines is 1. The highest BCUT2D eigenvalue weighted by Crippen LogP contribution is 2.23. The van der Waals surface area contributed by atoms with Gasteiger partial charge in [0.15, 0.2) is 0 Å². The topological polar surface area (TPSA) is 58.6 Å². The first-order valence-electron chi connectivity index (χ1n) is 8.02. The predicted molar refractivity (Wildman–Crippen MR) is 91.5 cm³/mol. The molecule has 0 saturated carbocycles. The van der Waals surface area contributed by atoms with E-state index in [9.17, 15) is 14.0 Å². The molecule has 5 nitrogen and oxygen atoms in total. The van der Waals surface area contributed by atoms with Gasteiger partial charge in [-0.1, -0.05) is 12.1 Å². The lowest BCUT2D eigenvalue weighted by Gasteiger charge is -2.17. The van der Waals surface area contributed by atoms with Crippen molar-refractivity contribution in [3.63, 3.8) is 0 Å². The molecule has 0 aromatic heterocycles. The second-order valence-corrected chi connectivity index (χ2v) is 6.02. The first kappa shape index (κ1) is 17.0. The molecule has 0 radical (unpaired) electrons. The molecule has 0 aliphatic carbocycles. The molecule has 3 rings (SSSR count). The number of hydrogen-bond donors (Lipinski definition) is 1. The lowest BCUT2D eigenvalue weighted by Crippen LogP contribution is -2.28. The summed E-state index contributed by atoms with van der Waals surface area (Å²) in [5.74, 6) is -0.282. The lowest BCUT2D eigenvalue weighted by atomic mass is 10.1. The molecule has 1 fully saturated rings. The molecular formula is C19H19FN2O3. The summed E-state index contributed by atoms with van der Waals surface area (Å²) in [6, 6.07) is 13.0. The third-order valence-electron chi connectivity index (χ3n) is 4.23. The fourth-order valence-corrected chi connectivity index (χ4v) is 2.83. The zero-order valence-electron chi connectivity index (χ0n) is 13.9. The summed E-state index contributed by atoms with van der Waals surface area (Å²) in [4.78, 5) is 26.2. The van der Waals surface area contributed by atoms with Crippen LogP contribution in [0.4, 0.5) is 10.1 Å². The third kappa shape index (κ3) is 4.15. The number of ether oxygens (including phenoxy) is 1. The fraction of sp³-hybridized carbons (Fsp3) is 0.263. The highest BCUT2D eigenvalue weighted by Gasteiger charge is 2.34. The third-order valence-corrected chi connectivity index (χ3v) is 4.23. The van der Waals surface area contributed by atoms with Gasteiger partial charge in [0.25, 0.3) is 0 Å². The molecule has 1 N–H and O–H groups in total. The van der Waals surface area contributed by atoms with E-state index in [-0.39, 0.29) is 24.1 Å². The van der Waals surface area contributed by atoms with Gasteiger partial charge < -0.3 is 15.0 Å². The molecule has 0 spiro atoms. The van der Waals surface area contributed by atoms with E-state index >= 15 is 0 Å². The zero-order chi connectivity index (χ0) is 17.8. The monoisotopic (exact) mass is 342 g/mol. The zero-order valence-corrected chi connectivity index (χ0v) is 13.9. The summed E-state index contributed by atoms with van der Waals surface area (Å²) >= 11 is 0. The van der Waals surface area contributed by atoms with Crippen LogP contribution in [-0.2, 0) is 16.1 Å². The minimum Gasteiger partial charge on any atom is -0.497 e. The van der Waals surface area contributed by atoms with Crippen molar-refractivity contribution < 1.29 is 18.7 Å². The first-order chi connectivity index (χ1) is 12.0. The SMILES string of the molecule is COc1ccc(CN2C[C@@H](C(=O)Nc3ccc(F)cc3)CC2=O)cc1. The second-order valence-electron chi connectivity index (χ2n) is 6.02. The van der Waals surface area contributed by atoms with Crippen molar-refractivity contribution in [2.24, 2.45) is 5.92 Å². The Labute approximate surface area is 145 Å². The maximum Gasteiger partial charge on any atom is 0.229 e. The molecule has 1 aliphatic rings. The van der Waals surface area contributed by atoms with E-state index in [2.05, 4.69) is 5.32 Å². The molecule has 25 heavy (non-hydrogen) atoms. The molecule has 1 atom stereocenters. The van der Waals surface area contributed by atoms with E-state index in [1.165, 1.54) is 24.3 Å². The van der Waals surface area contributed by atoms with Crippen LogP contribution in [0.2, 0.25) is 0 Å². The Kier molecular flexibility index (Phi) is 4.97. The predicted octanol–water partition coefficient (Wildman–Crippen LogP) is 2.82. The molecule has 6 heteroatoms. The van der Waals surface area contributed by atoms with E-state index in [0.29, 0.717) is 18.8 Å². The first-order valence-corrected chi connectivity index (χ1v) is 8.02. The van der Waals surface area contributed by atoms with Crippen LogP contribution >= 0.6 is 0 Å². The lowest BCUT2D eigenvalue weighted by molar-refractivity contribution is -0.128. The minimum absolute atomic E-state index is 0.0462. The van der Waals surface area contributed by atoms with Gasteiger partial charge in [-0.05, 0) is 42.0 Å². The van der Waals surface area contributed by atoms with Crippen molar-refractivity contribution in [3.8, 4) is 5.75 Å². The van der Waals surface area contributed by atoms with E-state index in [4.69, 9.17) is 4.74 Å². The van der Waals surface area contributed by atoms with Crippen LogP contribution in [0, 0.1) is 11.7 Å². The highest BCUT2D eigenvalue weighted by atomic mass is 19.1. The summed E-state index contributed by atoms with van der Waals surface area (Å²) in [6.07, 6.45) is 0.184. The normalized spacial score (nSPS) is 16.8. The Balaban J connectivity index is 1.59. The largest absolute Gasteiger partial charge is 0.497 e. The van der Waals surface area contributed by atoms with Gasteiger partial charge in [-0.3, -0.25) is 9.59 Å². The van der Waals surface area contributed by atoms with Crippen LogP contribution < -0.4 is 10.1 Å². The molecule has 0 unspecified atom stereocenters. The Morgan fingerprint density at radius 2 is 1.88 bits per heavy atom. The van der Waals surface area contributed by atoms with Crippen LogP contribution in [0.15, 0.2) is 48.5 Å². The van der Waals surface area contributed by atoms with Gasteiger partial charge in [0.1, 0.15) is 11.6 Å². The summed E-state index contributed by atoms with van der Waals surface area (Å²) in [5.41, 5.74) is 1.50. The van der Waals surface area contributed by atoms with Crippen molar-refractivity contribution >= 4 is 17.5 Å². The standard InChI is InChI=1S/C19H19FN2O3/c1-25-17-8-2-13(3-9-17)11-22-12-14(10-18(22)23)19(24)21-16-6-4-15(20)5-7-16/h2-9,14H,10-12H2,1H3,(H,21,24)/t14-/m0/s1. The van der Waals surface area contributed by atoms with Gasteiger partial charge in [0.05, 0.1) is 13.0 Å². The van der Waals surface area contributed by atoms with Gasteiger partial charge >= 0.3 is 0 Å². The molecule has 0 bridgehead atoms. The fourth-order valence-electron chi connectivity index (χ4n) is 2.83. The summed E-state index contributed by atoms with van der Waals surface area (Å²) in [7, 11) is 1.60. The van der Waals surface area contributed by atoms with Gasteiger partial charge in [-0.25, -0.2) is 4.39 Å². The van der Waals surface area contributed by atoms with Crippen LogP contribution in [0.5, 0.6) is 5.75 Å². The van der Waals surface area contributed by atoms with Crippen molar-refractivity contribution in [3.05, 3.63) is 59.9 Å². The number of benzene rings is 2. The number of methoxy groups -OCH3 is 1. The highest BCUT2D eigenvalue weighted by molar-refractivity contribution is 5.97. The molecule has 1 heterocycles. The number of amides is 2. The van der Waals surface area contributed by atoms with Crippen LogP contribution in [-0.4, -0.2) is 30.4 Å². The van der Waals surface area contributed by atoms with Crippen molar-refractivity contribution in [2.75, 3.05) is 19.0 Å². The summed E-state index contributed by atoms with van der Waals surface area (Å²) in [5, 5.41) is 2.73.